The Bertz CT molecular complexity index is 737. The number of aliphatic hydroxyl groups excluding tert-OH is 1. The molecule has 21 heavy (non-hydrogen) atoms. The number of hydrogen-bond donors (Lipinski definition) is 1. The predicted molar refractivity (Wildman–Crippen MR) is 79.3 cm³/mol. The minimum absolute atomic E-state index is 0.00714. The van der Waals surface area contributed by atoms with Crippen LogP contribution in [-0.2, 0) is 9.84 Å². The van der Waals surface area contributed by atoms with Gasteiger partial charge in [-0.2, -0.15) is 0 Å². The molecule has 0 aliphatic rings. The lowest BCUT2D eigenvalue weighted by atomic mass is 10.0. The van der Waals surface area contributed by atoms with Crippen LogP contribution in [0.2, 0.25) is 0 Å². The molecule has 1 atom stereocenters. The van der Waals surface area contributed by atoms with Gasteiger partial charge in [0, 0.05) is 0 Å². The molecule has 0 spiro atoms. The summed E-state index contributed by atoms with van der Waals surface area (Å²) in [7, 11) is -3.67. The van der Waals surface area contributed by atoms with Crippen molar-refractivity contribution in [3.8, 4) is 0 Å². The lowest BCUT2D eigenvalue weighted by Crippen LogP contribution is -2.15. The Hall–Kier alpha value is -1.72. The van der Waals surface area contributed by atoms with Crippen LogP contribution in [0.3, 0.4) is 0 Å². The van der Waals surface area contributed by atoms with Gasteiger partial charge < -0.3 is 5.11 Å². The van der Waals surface area contributed by atoms with Gasteiger partial charge >= 0.3 is 0 Å². The highest BCUT2D eigenvalue weighted by Crippen LogP contribution is 2.23. The summed E-state index contributed by atoms with van der Waals surface area (Å²) < 4.78 is 37.3. The van der Waals surface area contributed by atoms with E-state index in [0.717, 1.165) is 23.3 Å². The van der Waals surface area contributed by atoms with Crippen LogP contribution in [0.1, 0.15) is 22.8 Å². The van der Waals surface area contributed by atoms with Gasteiger partial charge in [0.05, 0.1) is 16.8 Å². The Kier molecular flexibility index (Phi) is 4.44. The smallest absolute Gasteiger partial charge is 0.181 e. The first-order valence-corrected chi connectivity index (χ1v) is 8.18. The van der Waals surface area contributed by atoms with Crippen molar-refractivity contribution in [1.82, 2.24) is 0 Å². The standard InChI is InChI=1S/C16H17FO3S/c1-11-3-8-15(12(2)9-11)16(18)10-21(19,20)14-6-4-13(17)5-7-14/h3-9,16,18H,10H2,1-2H3. The Balaban J connectivity index is 2.25. The van der Waals surface area contributed by atoms with E-state index in [0.29, 0.717) is 5.56 Å². The maximum absolute atomic E-state index is 12.8. The first-order valence-electron chi connectivity index (χ1n) is 6.53. The molecule has 5 heteroatoms. The number of sulfone groups is 1. The molecule has 0 amide bonds. The second-order valence-corrected chi connectivity index (χ2v) is 7.15. The van der Waals surface area contributed by atoms with Gasteiger partial charge in [0.15, 0.2) is 9.84 Å². The number of benzene rings is 2. The molecule has 0 bridgehead atoms. The second kappa shape index (κ2) is 5.95. The van der Waals surface area contributed by atoms with Crippen molar-refractivity contribution in [3.05, 3.63) is 65.0 Å². The lowest BCUT2D eigenvalue weighted by molar-refractivity contribution is 0.201. The van der Waals surface area contributed by atoms with E-state index in [9.17, 15) is 17.9 Å². The first kappa shape index (κ1) is 15.7. The highest BCUT2D eigenvalue weighted by Gasteiger charge is 2.22. The van der Waals surface area contributed by atoms with Crippen LogP contribution in [0.5, 0.6) is 0 Å². The van der Waals surface area contributed by atoms with Crippen LogP contribution in [0, 0.1) is 19.7 Å². The van der Waals surface area contributed by atoms with Gasteiger partial charge in [0.2, 0.25) is 0 Å². The van der Waals surface area contributed by atoms with Crippen LogP contribution in [0.15, 0.2) is 47.4 Å². The summed E-state index contributed by atoms with van der Waals surface area (Å²) in [6.07, 6.45) is -1.11. The average Bonchev–Trinajstić information content (AvgIpc) is 2.38. The molecule has 0 saturated carbocycles. The van der Waals surface area contributed by atoms with Crippen LogP contribution in [-0.4, -0.2) is 19.3 Å². The van der Waals surface area contributed by atoms with Crippen molar-refractivity contribution in [1.29, 1.82) is 0 Å². The predicted octanol–water partition coefficient (Wildman–Crippen LogP) is 2.95. The minimum Gasteiger partial charge on any atom is -0.387 e. The second-order valence-electron chi connectivity index (χ2n) is 5.11. The van der Waals surface area contributed by atoms with Gasteiger partial charge in [-0.1, -0.05) is 23.8 Å². The Labute approximate surface area is 124 Å². The van der Waals surface area contributed by atoms with Gasteiger partial charge in [-0.25, -0.2) is 12.8 Å². The van der Waals surface area contributed by atoms with Gasteiger partial charge in [-0.15, -0.1) is 0 Å². The van der Waals surface area contributed by atoms with E-state index in [2.05, 4.69) is 0 Å². The summed E-state index contributed by atoms with van der Waals surface area (Å²) >= 11 is 0. The van der Waals surface area contributed by atoms with Crippen LogP contribution in [0.25, 0.3) is 0 Å². The van der Waals surface area contributed by atoms with Crippen LogP contribution in [0.4, 0.5) is 4.39 Å². The summed E-state index contributed by atoms with van der Waals surface area (Å²) in [6.45, 7) is 3.76. The highest BCUT2D eigenvalue weighted by molar-refractivity contribution is 7.91. The maximum Gasteiger partial charge on any atom is 0.181 e. The average molecular weight is 308 g/mol. The molecule has 0 saturated heterocycles. The fourth-order valence-electron chi connectivity index (χ4n) is 2.24. The molecule has 0 aliphatic carbocycles. The Morgan fingerprint density at radius 3 is 2.29 bits per heavy atom. The molecular formula is C16H17FO3S. The zero-order valence-electron chi connectivity index (χ0n) is 11.9. The minimum atomic E-state index is -3.67. The van der Waals surface area contributed by atoms with E-state index in [1.54, 1.807) is 6.07 Å². The molecule has 1 unspecified atom stereocenters. The molecule has 3 nitrogen and oxygen atoms in total. The van der Waals surface area contributed by atoms with Crippen molar-refractivity contribution in [2.75, 3.05) is 5.75 Å². The molecule has 2 aromatic carbocycles. The normalized spacial score (nSPS) is 13.1. The van der Waals surface area contributed by atoms with Crippen molar-refractivity contribution in [2.45, 2.75) is 24.8 Å². The summed E-state index contributed by atoms with van der Waals surface area (Å²) in [6, 6.07) is 10.1. The van der Waals surface area contributed by atoms with Crippen molar-refractivity contribution in [2.24, 2.45) is 0 Å². The summed E-state index contributed by atoms with van der Waals surface area (Å²) in [5.41, 5.74) is 2.48. The lowest BCUT2D eigenvalue weighted by Gasteiger charge is -2.14. The fourth-order valence-corrected chi connectivity index (χ4v) is 3.57. The molecule has 112 valence electrons. The van der Waals surface area contributed by atoms with Crippen LogP contribution < -0.4 is 0 Å². The molecule has 0 fully saturated rings. The quantitative estimate of drug-likeness (QED) is 0.884. The SMILES string of the molecule is Cc1ccc(C(O)CS(=O)(=O)c2ccc(F)cc2)c(C)c1. The third-order valence-corrected chi connectivity index (χ3v) is 5.08. The highest BCUT2D eigenvalue weighted by atomic mass is 32.2. The third kappa shape index (κ3) is 3.68. The number of halogens is 1. The van der Waals surface area contributed by atoms with E-state index in [-0.39, 0.29) is 4.90 Å². The van der Waals surface area contributed by atoms with E-state index >= 15 is 0 Å². The van der Waals surface area contributed by atoms with Crippen molar-refractivity contribution < 1.29 is 17.9 Å². The molecule has 2 aromatic rings. The monoisotopic (exact) mass is 308 g/mol. The van der Waals surface area contributed by atoms with Gasteiger partial charge in [0.25, 0.3) is 0 Å². The molecule has 2 rings (SSSR count). The molecule has 1 N–H and O–H groups in total. The van der Waals surface area contributed by atoms with Gasteiger partial charge in [-0.05, 0) is 49.2 Å². The number of rotatable bonds is 4. The van der Waals surface area contributed by atoms with Crippen molar-refractivity contribution >= 4 is 9.84 Å². The zero-order chi connectivity index (χ0) is 15.6. The third-order valence-electron chi connectivity index (χ3n) is 3.33. The molecule has 0 aliphatic heterocycles. The molecule has 0 radical (unpaired) electrons. The van der Waals surface area contributed by atoms with Crippen molar-refractivity contribution in [3.63, 3.8) is 0 Å². The molecular weight excluding hydrogens is 291 g/mol. The topological polar surface area (TPSA) is 54.4 Å². The molecule has 0 aromatic heterocycles. The van der Waals surface area contributed by atoms with E-state index in [4.69, 9.17) is 0 Å². The first-order chi connectivity index (χ1) is 9.79. The largest absolute Gasteiger partial charge is 0.387 e. The van der Waals surface area contributed by atoms with Crippen LogP contribution >= 0.6 is 0 Å². The van der Waals surface area contributed by atoms with Gasteiger partial charge in [-0.3, -0.25) is 0 Å². The zero-order valence-corrected chi connectivity index (χ0v) is 12.7. The van der Waals surface area contributed by atoms with Gasteiger partial charge in [0.1, 0.15) is 5.82 Å². The number of aliphatic hydroxyl groups is 1. The Morgan fingerprint density at radius 2 is 1.71 bits per heavy atom. The van der Waals surface area contributed by atoms with E-state index in [1.165, 1.54) is 12.1 Å². The Morgan fingerprint density at radius 1 is 1.10 bits per heavy atom. The van der Waals surface area contributed by atoms with E-state index in [1.807, 2.05) is 26.0 Å². The summed E-state index contributed by atoms with van der Waals surface area (Å²) in [4.78, 5) is 0.00714. The number of hydrogen-bond acceptors (Lipinski definition) is 3. The fraction of sp³-hybridized carbons (Fsp3) is 0.250. The number of aryl methyl sites for hydroxylation is 2. The molecule has 0 heterocycles. The summed E-state index contributed by atoms with van der Waals surface area (Å²) in [5, 5.41) is 10.2. The summed E-state index contributed by atoms with van der Waals surface area (Å²) in [5.74, 6) is -0.924. The maximum atomic E-state index is 12.8. The van der Waals surface area contributed by atoms with E-state index < -0.39 is 27.5 Å².